The van der Waals surface area contributed by atoms with Crippen LogP contribution < -0.4 is 11.3 Å². The first-order valence-electron chi connectivity index (χ1n) is 6.47. The summed E-state index contributed by atoms with van der Waals surface area (Å²) in [5.74, 6) is -0.0458. The van der Waals surface area contributed by atoms with Crippen molar-refractivity contribution in [2.45, 2.75) is 32.5 Å². The van der Waals surface area contributed by atoms with Crippen LogP contribution in [0.4, 0.5) is 13.2 Å². The number of benzene rings is 1. The first-order chi connectivity index (χ1) is 9.77. The van der Waals surface area contributed by atoms with Crippen LogP contribution in [0, 0.1) is 0 Å². The van der Waals surface area contributed by atoms with Crippen molar-refractivity contribution in [3.05, 3.63) is 51.4 Å². The number of nitrogens with one attached hydrogen (secondary N) is 1. The molecule has 0 spiro atoms. The third kappa shape index (κ3) is 2.73. The highest BCUT2D eigenvalue weighted by molar-refractivity contribution is 5.43. The highest BCUT2D eigenvalue weighted by Gasteiger charge is 2.34. The summed E-state index contributed by atoms with van der Waals surface area (Å²) in [7, 11) is 0. The number of rotatable bonds is 3. The summed E-state index contributed by atoms with van der Waals surface area (Å²) in [6.45, 7) is 3.65. The largest absolute Gasteiger partial charge is 0.418 e. The van der Waals surface area contributed by atoms with Gasteiger partial charge in [-0.2, -0.15) is 13.2 Å². The van der Waals surface area contributed by atoms with E-state index in [4.69, 9.17) is 5.73 Å². The lowest BCUT2D eigenvalue weighted by Crippen LogP contribution is -2.22. The molecule has 4 nitrogen and oxygen atoms in total. The van der Waals surface area contributed by atoms with Crippen molar-refractivity contribution < 1.29 is 13.2 Å². The third-order valence-electron chi connectivity index (χ3n) is 3.25. The molecule has 0 atom stereocenters. The molecule has 0 aliphatic carbocycles. The summed E-state index contributed by atoms with van der Waals surface area (Å²) in [5.41, 5.74) is 4.77. The zero-order valence-corrected chi connectivity index (χ0v) is 11.7. The number of nitrogens with two attached hydrogens (primary N) is 1. The molecule has 0 bridgehead atoms. The second-order valence-electron chi connectivity index (χ2n) is 5.02. The molecule has 0 aliphatic rings. The van der Waals surface area contributed by atoms with E-state index in [0.717, 1.165) is 10.7 Å². The maximum Gasteiger partial charge on any atom is 0.418 e. The number of para-hydroxylation sites is 1. The lowest BCUT2D eigenvalue weighted by Gasteiger charge is -2.12. The molecule has 0 saturated heterocycles. The van der Waals surface area contributed by atoms with E-state index < -0.39 is 17.3 Å². The maximum atomic E-state index is 13.1. The van der Waals surface area contributed by atoms with Gasteiger partial charge in [0.15, 0.2) is 0 Å². The van der Waals surface area contributed by atoms with E-state index in [0.29, 0.717) is 11.3 Å². The lowest BCUT2D eigenvalue weighted by molar-refractivity contribution is -0.137. The van der Waals surface area contributed by atoms with Crippen LogP contribution in [-0.2, 0) is 12.7 Å². The predicted octanol–water partition coefficient (Wildman–Crippen LogP) is 2.77. The average molecular weight is 299 g/mol. The summed E-state index contributed by atoms with van der Waals surface area (Å²) in [6, 6.07) is 4.94. The molecule has 2 aromatic rings. The van der Waals surface area contributed by atoms with Gasteiger partial charge in [-0.15, -0.1) is 0 Å². The molecule has 1 aromatic carbocycles. The normalized spacial score (nSPS) is 12.1. The van der Waals surface area contributed by atoms with E-state index in [2.05, 4.69) is 5.10 Å². The number of aromatic amines is 1. The van der Waals surface area contributed by atoms with Gasteiger partial charge in [-0.3, -0.25) is 9.89 Å². The van der Waals surface area contributed by atoms with Gasteiger partial charge in [0.25, 0.3) is 5.56 Å². The molecule has 0 unspecified atom stereocenters. The monoisotopic (exact) mass is 299 g/mol. The fourth-order valence-corrected chi connectivity index (χ4v) is 2.24. The summed E-state index contributed by atoms with van der Waals surface area (Å²) in [4.78, 5) is 12.3. The summed E-state index contributed by atoms with van der Waals surface area (Å²) in [6.07, 6.45) is -4.54. The number of hydrogen-bond donors (Lipinski definition) is 2. The quantitative estimate of drug-likeness (QED) is 0.915. The molecule has 0 amide bonds. The third-order valence-corrected chi connectivity index (χ3v) is 3.25. The predicted molar refractivity (Wildman–Crippen MR) is 73.4 cm³/mol. The molecule has 0 radical (unpaired) electrons. The number of halogens is 3. The number of alkyl halides is 3. The Kier molecular flexibility index (Phi) is 3.95. The van der Waals surface area contributed by atoms with Crippen molar-refractivity contribution in [3.8, 4) is 5.69 Å². The smallest absolute Gasteiger partial charge is 0.326 e. The first-order valence-corrected chi connectivity index (χ1v) is 6.47. The van der Waals surface area contributed by atoms with Crippen molar-refractivity contribution in [2.24, 2.45) is 5.73 Å². The Labute approximate surface area is 119 Å². The van der Waals surface area contributed by atoms with E-state index in [1.807, 2.05) is 13.8 Å². The Balaban J connectivity index is 2.72. The van der Waals surface area contributed by atoms with Crippen LogP contribution in [0.1, 0.15) is 36.6 Å². The average Bonchev–Trinajstić information content (AvgIpc) is 2.74. The van der Waals surface area contributed by atoms with Crippen molar-refractivity contribution in [2.75, 3.05) is 0 Å². The molecule has 21 heavy (non-hydrogen) atoms. The summed E-state index contributed by atoms with van der Waals surface area (Å²) >= 11 is 0. The Morgan fingerprint density at radius 1 is 1.29 bits per heavy atom. The van der Waals surface area contributed by atoms with E-state index >= 15 is 0 Å². The Morgan fingerprint density at radius 2 is 1.90 bits per heavy atom. The van der Waals surface area contributed by atoms with Crippen LogP contribution in [0.5, 0.6) is 0 Å². The van der Waals surface area contributed by atoms with Gasteiger partial charge >= 0.3 is 6.18 Å². The molecule has 2 rings (SSSR count). The minimum absolute atomic E-state index is 0.0238. The molecule has 1 heterocycles. The van der Waals surface area contributed by atoms with Crippen molar-refractivity contribution in [1.82, 2.24) is 9.78 Å². The van der Waals surface area contributed by atoms with E-state index in [-0.39, 0.29) is 18.2 Å². The Hall–Kier alpha value is -2.02. The fraction of sp³-hybridized carbons (Fsp3) is 0.357. The summed E-state index contributed by atoms with van der Waals surface area (Å²) < 4.78 is 40.1. The van der Waals surface area contributed by atoms with Crippen LogP contribution in [0.2, 0.25) is 0 Å². The van der Waals surface area contributed by atoms with Gasteiger partial charge in [0, 0.05) is 12.2 Å². The molecule has 1 aromatic heterocycles. The molecule has 114 valence electrons. The van der Waals surface area contributed by atoms with Gasteiger partial charge in [-0.1, -0.05) is 26.0 Å². The van der Waals surface area contributed by atoms with Crippen molar-refractivity contribution in [1.29, 1.82) is 0 Å². The summed E-state index contributed by atoms with van der Waals surface area (Å²) in [5, 5.41) is 2.75. The van der Waals surface area contributed by atoms with Crippen LogP contribution in [0.15, 0.2) is 29.1 Å². The lowest BCUT2D eigenvalue weighted by atomic mass is 10.1. The van der Waals surface area contributed by atoms with Crippen molar-refractivity contribution >= 4 is 0 Å². The van der Waals surface area contributed by atoms with Crippen LogP contribution in [-0.4, -0.2) is 9.78 Å². The van der Waals surface area contributed by atoms with E-state index in [1.54, 1.807) is 0 Å². The molecule has 7 heteroatoms. The zero-order chi connectivity index (χ0) is 15.8. The van der Waals surface area contributed by atoms with E-state index in [1.165, 1.54) is 18.2 Å². The molecule has 0 fully saturated rings. The number of H-pyrrole nitrogens is 1. The number of hydrogen-bond acceptors (Lipinski definition) is 2. The fourth-order valence-electron chi connectivity index (χ4n) is 2.24. The van der Waals surface area contributed by atoms with Crippen molar-refractivity contribution in [3.63, 3.8) is 0 Å². The van der Waals surface area contributed by atoms with E-state index in [9.17, 15) is 18.0 Å². The number of nitrogens with zero attached hydrogens (tertiary/aromatic N) is 1. The molecule has 3 N–H and O–H groups in total. The molecular formula is C14H16F3N3O. The van der Waals surface area contributed by atoms with Gasteiger partial charge in [0.1, 0.15) is 0 Å². The van der Waals surface area contributed by atoms with Gasteiger partial charge in [0.05, 0.1) is 16.8 Å². The standard InChI is InChI=1S/C14H16F3N3O/c1-8(2)12-9(7-18)13(21)20(19-12)11-6-4-3-5-10(11)14(15,16)17/h3-6,8,19H,7,18H2,1-2H3. The number of aromatic nitrogens is 2. The molecule has 0 aliphatic heterocycles. The van der Waals surface area contributed by atoms with Gasteiger partial charge in [-0.25, -0.2) is 4.68 Å². The SMILES string of the molecule is CC(C)c1[nH]n(-c2ccccc2C(F)(F)F)c(=O)c1CN. The second-order valence-corrected chi connectivity index (χ2v) is 5.02. The van der Waals surface area contributed by atoms with Gasteiger partial charge in [0.2, 0.25) is 0 Å². The second kappa shape index (κ2) is 5.40. The zero-order valence-electron chi connectivity index (χ0n) is 11.7. The first kappa shape index (κ1) is 15.4. The Morgan fingerprint density at radius 3 is 2.38 bits per heavy atom. The van der Waals surface area contributed by atoms with Crippen LogP contribution >= 0.6 is 0 Å². The van der Waals surface area contributed by atoms with Crippen LogP contribution in [0.3, 0.4) is 0 Å². The minimum Gasteiger partial charge on any atom is -0.326 e. The topological polar surface area (TPSA) is 63.8 Å². The minimum atomic E-state index is -4.54. The van der Waals surface area contributed by atoms with Crippen LogP contribution in [0.25, 0.3) is 5.69 Å². The molecule has 0 saturated carbocycles. The highest BCUT2D eigenvalue weighted by atomic mass is 19.4. The molecular weight excluding hydrogens is 283 g/mol. The van der Waals surface area contributed by atoms with Gasteiger partial charge < -0.3 is 5.73 Å². The maximum absolute atomic E-state index is 13.1. The van der Waals surface area contributed by atoms with Gasteiger partial charge in [-0.05, 0) is 18.1 Å². The Bertz CT molecular complexity index is 698. The highest BCUT2D eigenvalue weighted by Crippen LogP contribution is 2.33.